The number of nitrogens with zero attached hydrogens (tertiary/aromatic N) is 1. The van der Waals surface area contributed by atoms with Crippen molar-refractivity contribution in [2.75, 3.05) is 13.1 Å². The van der Waals surface area contributed by atoms with Crippen LogP contribution >= 0.6 is 0 Å². The number of primary amides is 2. The van der Waals surface area contributed by atoms with Gasteiger partial charge in [-0.25, -0.2) is 4.79 Å². The van der Waals surface area contributed by atoms with E-state index in [0.717, 1.165) is 6.42 Å². The van der Waals surface area contributed by atoms with Crippen LogP contribution in [-0.4, -0.2) is 148 Å². The number of aliphatic carboxylic acids is 1. The maximum absolute atomic E-state index is 14.4. The summed E-state index contributed by atoms with van der Waals surface area (Å²) < 4.78 is 0. The smallest absolute Gasteiger partial charge is 0.326 e. The highest BCUT2D eigenvalue weighted by molar-refractivity contribution is 5.99. The average Bonchev–Trinajstić information content (AvgIpc) is 4.01. The minimum Gasteiger partial charge on any atom is -0.480 e. The monoisotopic (exact) mass is 1030 g/mol. The van der Waals surface area contributed by atoms with E-state index in [2.05, 4.69) is 52.5 Å². The topological polar surface area (TPSA) is 440 Å². The number of aromatic amines is 1. The van der Waals surface area contributed by atoms with Crippen LogP contribution in [0.25, 0.3) is 10.9 Å². The van der Waals surface area contributed by atoms with Crippen molar-refractivity contribution < 1.29 is 58.2 Å². The number of carbonyl (C=O) groups excluding carboxylic acids is 9. The predicted molar refractivity (Wildman–Crippen MR) is 267 cm³/mol. The van der Waals surface area contributed by atoms with Gasteiger partial charge in [-0.2, -0.15) is 0 Å². The third-order valence-electron chi connectivity index (χ3n) is 12.2. The first-order valence-electron chi connectivity index (χ1n) is 24.4. The molecule has 2 heterocycles. The fourth-order valence-electron chi connectivity index (χ4n) is 8.02. The number of aliphatic imine (C=N–C) groups is 1. The van der Waals surface area contributed by atoms with Gasteiger partial charge in [0.25, 0.3) is 0 Å². The molecule has 3 rings (SSSR count). The maximum Gasteiger partial charge on any atom is 0.326 e. The molecule has 26 heteroatoms. The highest BCUT2D eigenvalue weighted by Gasteiger charge is 2.38. The number of carboxylic acids is 1. The molecule has 0 unspecified atom stereocenters. The molecule has 26 nitrogen and oxygen atoms in total. The van der Waals surface area contributed by atoms with E-state index >= 15 is 0 Å². The van der Waals surface area contributed by atoms with Crippen molar-refractivity contribution in [1.82, 2.24) is 47.5 Å². The Morgan fingerprint density at radius 1 is 0.712 bits per heavy atom. The zero-order chi connectivity index (χ0) is 54.5. The van der Waals surface area contributed by atoms with Crippen LogP contribution < -0.4 is 65.5 Å². The standard InChI is InChI=1S/C47H74N14O12/c1-6-24(4)37(60-43(69)34(21-36(49)64)58-39(65)29-13-9-17-52-29)44(70)61-38(25(5)62)45(71)59-32(19-23(2)3)41(67)57-33(20-26-22-54-28-12-8-7-11-27(26)28)42(68)55-30(15-16-35(48)63)40(66)56-31(46(72)73)14-10-18-53-47(50)51/h7-8,11-12,22-25,29-34,37-38,52,54,62H,6,9-10,13-21H2,1-5H3,(H2,48,63)(H2,49,64)(H,55,68)(H,56,66)(H,57,67)(H,58,65)(H,59,71)(H,60,69)(H,61,70)(H,72,73)(H4,50,51,53)/t24-,25+,29-,30-,31-,32-,33-,34-,37-,38-/m0/s1. The number of guanidine groups is 1. The first kappa shape index (κ1) is 60.0. The van der Waals surface area contributed by atoms with Crippen LogP contribution in [-0.2, 0) is 54.4 Å². The number of fused-ring (bicyclic) bond motifs is 1. The number of rotatable bonds is 31. The number of H-pyrrole nitrogens is 1. The highest BCUT2D eigenvalue weighted by Crippen LogP contribution is 2.20. The number of hydrogen-bond acceptors (Lipinski definition) is 13. The third-order valence-corrected chi connectivity index (χ3v) is 12.2. The zero-order valence-corrected chi connectivity index (χ0v) is 42.0. The molecule has 0 aliphatic carbocycles. The molecular formula is C47H74N14O12. The first-order chi connectivity index (χ1) is 34.4. The first-order valence-corrected chi connectivity index (χ1v) is 24.4. The summed E-state index contributed by atoms with van der Waals surface area (Å²) >= 11 is 0. The number of nitrogens with one attached hydrogen (secondary N) is 9. The summed E-state index contributed by atoms with van der Waals surface area (Å²) in [5.41, 5.74) is 22.8. The normalized spacial score (nSPS) is 16.9. The minimum absolute atomic E-state index is 0.0300. The molecule has 9 amide bonds. The van der Waals surface area contributed by atoms with Gasteiger partial charge in [0.15, 0.2) is 5.96 Å². The van der Waals surface area contributed by atoms with Gasteiger partial charge in [0, 0.05) is 36.5 Å². The Morgan fingerprint density at radius 3 is 1.89 bits per heavy atom. The SMILES string of the molecule is CC[C@H](C)[C@H](NC(=O)[C@H](CC(N)=O)NC(=O)[C@@H]1CCCN1)C(=O)N[C@H](C(=O)N[C@@H](CC(C)C)C(=O)N[C@@H](Cc1c[nH]c2ccccc12)C(=O)N[C@@H](CCC(N)=O)C(=O)N[C@@H](CCCN=C(N)N)C(=O)O)[C@@H](C)O. The Bertz CT molecular complexity index is 2290. The van der Waals surface area contributed by atoms with E-state index in [-0.39, 0.29) is 50.5 Å². The van der Waals surface area contributed by atoms with Crippen LogP contribution in [0.15, 0.2) is 35.5 Å². The number of para-hydroxylation sites is 1. The van der Waals surface area contributed by atoms with E-state index in [1.54, 1.807) is 58.2 Å². The van der Waals surface area contributed by atoms with Gasteiger partial charge in [0.05, 0.1) is 18.6 Å². The minimum atomic E-state index is -1.72. The van der Waals surface area contributed by atoms with Gasteiger partial charge >= 0.3 is 5.97 Å². The summed E-state index contributed by atoms with van der Waals surface area (Å²) in [7, 11) is 0. The van der Waals surface area contributed by atoms with Crippen LogP contribution in [0.4, 0.5) is 0 Å². The van der Waals surface area contributed by atoms with E-state index in [4.69, 9.17) is 22.9 Å². The molecule has 73 heavy (non-hydrogen) atoms. The summed E-state index contributed by atoms with van der Waals surface area (Å²) in [6.07, 6.45) is 0.0803. The van der Waals surface area contributed by atoms with Gasteiger partial charge in [-0.1, -0.05) is 52.3 Å². The Morgan fingerprint density at radius 2 is 1.30 bits per heavy atom. The lowest BCUT2D eigenvalue weighted by molar-refractivity contribution is -0.142. The number of aliphatic hydroxyl groups is 1. The van der Waals surface area contributed by atoms with E-state index in [9.17, 15) is 58.2 Å². The Hall–Kier alpha value is -7.35. The van der Waals surface area contributed by atoms with Crippen molar-refractivity contribution >= 4 is 76.0 Å². The highest BCUT2D eigenvalue weighted by atomic mass is 16.4. The zero-order valence-electron chi connectivity index (χ0n) is 42.0. The number of carbonyl (C=O) groups is 10. The van der Waals surface area contributed by atoms with Crippen LogP contribution in [0.2, 0.25) is 0 Å². The largest absolute Gasteiger partial charge is 0.480 e. The molecule has 1 fully saturated rings. The van der Waals surface area contributed by atoms with Crippen molar-refractivity contribution in [2.24, 2.45) is 39.8 Å². The van der Waals surface area contributed by atoms with Gasteiger partial charge < -0.3 is 80.7 Å². The fraction of sp³-hybridized carbons (Fsp3) is 0.596. The lowest BCUT2D eigenvalue weighted by Crippen LogP contribution is -2.63. The third kappa shape index (κ3) is 19.6. The molecule has 404 valence electrons. The van der Waals surface area contributed by atoms with E-state index in [0.29, 0.717) is 35.9 Å². The lowest BCUT2D eigenvalue weighted by Gasteiger charge is -2.30. The van der Waals surface area contributed by atoms with Gasteiger partial charge in [-0.3, -0.25) is 48.1 Å². The molecule has 0 saturated carbocycles. The Balaban J connectivity index is 1.91. The average molecular weight is 1030 g/mol. The molecule has 19 N–H and O–H groups in total. The number of hydrogen-bond donors (Lipinski definition) is 15. The van der Waals surface area contributed by atoms with Crippen molar-refractivity contribution in [2.45, 2.75) is 153 Å². The molecule has 0 bridgehead atoms. The second kappa shape index (κ2) is 29.2. The summed E-state index contributed by atoms with van der Waals surface area (Å²) in [6, 6.07) is -3.90. The van der Waals surface area contributed by atoms with E-state index in [1.807, 2.05) is 0 Å². The van der Waals surface area contributed by atoms with Gasteiger partial charge in [0.2, 0.25) is 53.2 Å². The van der Waals surface area contributed by atoms with Crippen LogP contribution in [0.5, 0.6) is 0 Å². The summed E-state index contributed by atoms with van der Waals surface area (Å²) in [4.78, 5) is 140. The van der Waals surface area contributed by atoms with Crippen molar-refractivity contribution in [3.63, 3.8) is 0 Å². The van der Waals surface area contributed by atoms with Gasteiger partial charge in [-0.15, -0.1) is 0 Å². The molecule has 2 aromatic rings. The molecule has 1 saturated heterocycles. The Kier molecular flexibility index (Phi) is 24.0. The predicted octanol–water partition coefficient (Wildman–Crippen LogP) is -3.39. The molecule has 1 aliphatic rings. The van der Waals surface area contributed by atoms with E-state index in [1.165, 1.54) is 6.92 Å². The quantitative estimate of drug-likeness (QED) is 0.0199. The van der Waals surface area contributed by atoms with Crippen LogP contribution in [0.3, 0.4) is 0 Å². The number of aromatic nitrogens is 1. The van der Waals surface area contributed by atoms with Crippen LogP contribution in [0.1, 0.15) is 98.0 Å². The summed E-state index contributed by atoms with van der Waals surface area (Å²) in [5.74, 6) is -10.4. The molecule has 1 aliphatic heterocycles. The summed E-state index contributed by atoms with van der Waals surface area (Å²) in [6.45, 7) is 8.73. The molecule has 0 spiro atoms. The maximum atomic E-state index is 14.4. The number of amides is 9. The molecular weight excluding hydrogens is 953 g/mol. The molecule has 1 aromatic carbocycles. The van der Waals surface area contributed by atoms with Crippen LogP contribution in [0, 0.1) is 11.8 Å². The summed E-state index contributed by atoms with van der Waals surface area (Å²) in [5, 5.41) is 42.2. The second-order valence-electron chi connectivity index (χ2n) is 18.7. The molecule has 0 radical (unpaired) electrons. The second-order valence-corrected chi connectivity index (χ2v) is 18.7. The van der Waals surface area contributed by atoms with Crippen molar-refractivity contribution in [3.05, 3.63) is 36.0 Å². The number of benzene rings is 1. The molecule has 10 atom stereocenters. The van der Waals surface area contributed by atoms with Crippen molar-refractivity contribution in [3.8, 4) is 0 Å². The fourth-order valence-corrected chi connectivity index (χ4v) is 8.02. The van der Waals surface area contributed by atoms with E-state index < -0.39 is 132 Å². The Labute approximate surface area is 422 Å². The van der Waals surface area contributed by atoms with Gasteiger partial charge in [0.1, 0.15) is 42.3 Å². The van der Waals surface area contributed by atoms with Gasteiger partial charge in [-0.05, 0) is 75.5 Å². The van der Waals surface area contributed by atoms with Crippen molar-refractivity contribution in [1.29, 1.82) is 0 Å². The lowest BCUT2D eigenvalue weighted by atomic mass is 9.96. The number of nitrogens with two attached hydrogens (primary N) is 4. The number of aliphatic hydroxyl groups excluding tert-OH is 1. The number of carboxylic acid groups (broad SMARTS) is 1. The molecule has 1 aromatic heterocycles.